The van der Waals surface area contributed by atoms with Crippen molar-refractivity contribution in [2.24, 2.45) is 5.92 Å². The Kier molecular flexibility index (Phi) is 2.61. The van der Waals surface area contributed by atoms with Gasteiger partial charge in [0.15, 0.2) is 5.78 Å². The summed E-state index contributed by atoms with van der Waals surface area (Å²) in [5.74, 6) is -1.18. The maximum absolute atomic E-state index is 14.0. The Balaban J connectivity index is 1.84. The van der Waals surface area contributed by atoms with Crippen LogP contribution in [-0.4, -0.2) is 18.1 Å². The number of halogens is 2. The van der Waals surface area contributed by atoms with E-state index in [2.05, 4.69) is 0 Å². The zero-order chi connectivity index (χ0) is 14.6. The molecule has 4 heteroatoms. The molecule has 3 aliphatic rings. The van der Waals surface area contributed by atoms with E-state index in [1.165, 1.54) is 18.2 Å². The number of fused-ring (bicyclic) bond motifs is 3. The Hall–Kier alpha value is -2.23. The van der Waals surface area contributed by atoms with Gasteiger partial charge in [-0.25, -0.2) is 8.78 Å². The van der Waals surface area contributed by atoms with Gasteiger partial charge in [-0.2, -0.15) is 0 Å². The molecule has 0 bridgehead atoms. The van der Waals surface area contributed by atoms with Crippen LogP contribution in [0.3, 0.4) is 0 Å². The molecule has 0 saturated heterocycles. The molecule has 0 radical (unpaired) electrons. The van der Waals surface area contributed by atoms with Gasteiger partial charge >= 0.3 is 0 Å². The second kappa shape index (κ2) is 4.38. The Bertz CT molecular complexity index is 730. The number of ketones is 1. The van der Waals surface area contributed by atoms with Crippen LogP contribution >= 0.6 is 0 Å². The number of hydrogen-bond donors (Lipinski definition) is 0. The van der Waals surface area contributed by atoms with Gasteiger partial charge in [0.2, 0.25) is 0 Å². The van der Waals surface area contributed by atoms with Crippen LogP contribution < -0.4 is 4.74 Å². The van der Waals surface area contributed by atoms with Crippen LogP contribution in [0.15, 0.2) is 53.6 Å². The lowest BCUT2D eigenvalue weighted by Gasteiger charge is -2.36. The molecular weight excluding hydrogens is 274 g/mol. The number of alkyl halides is 1. The third-order valence-corrected chi connectivity index (χ3v) is 4.19. The van der Waals surface area contributed by atoms with Crippen LogP contribution in [0, 0.1) is 11.7 Å². The molecule has 1 aliphatic heterocycles. The molecule has 4 rings (SSSR count). The minimum absolute atomic E-state index is 0.00308. The third-order valence-electron chi connectivity index (χ3n) is 4.19. The largest absolute Gasteiger partial charge is 0.484 e. The van der Waals surface area contributed by atoms with E-state index in [9.17, 15) is 13.6 Å². The van der Waals surface area contributed by atoms with E-state index in [1.54, 1.807) is 18.2 Å². The van der Waals surface area contributed by atoms with Gasteiger partial charge in [-0.3, -0.25) is 4.79 Å². The highest BCUT2D eigenvalue weighted by Crippen LogP contribution is 2.41. The van der Waals surface area contributed by atoms with Crippen LogP contribution in [0.1, 0.15) is 16.8 Å². The predicted octanol–water partition coefficient (Wildman–Crippen LogP) is 3.55. The average molecular weight is 286 g/mol. The lowest BCUT2D eigenvalue weighted by molar-refractivity contribution is 0.0786. The molecule has 106 valence electrons. The molecule has 2 aliphatic carbocycles. The second-order valence-corrected chi connectivity index (χ2v) is 5.46. The molecule has 0 spiro atoms. The van der Waals surface area contributed by atoms with Crippen LogP contribution in [-0.2, 0) is 0 Å². The highest BCUT2D eigenvalue weighted by molar-refractivity contribution is 6.04. The molecule has 1 aromatic carbocycles. The molecular formula is C17H12F2O2. The summed E-state index contributed by atoms with van der Waals surface area (Å²) in [5, 5.41) is 0. The summed E-state index contributed by atoms with van der Waals surface area (Å²) in [7, 11) is 0. The molecule has 0 fully saturated rings. The number of Topliss-reactive ketones (excluding diaryl/α,β-unsaturated/α-hetero) is 1. The summed E-state index contributed by atoms with van der Waals surface area (Å²) in [6, 6.07) is 4.37. The summed E-state index contributed by atoms with van der Waals surface area (Å²) in [4.78, 5) is 12.7. The topological polar surface area (TPSA) is 26.3 Å². The number of carbonyl (C=O) groups is 1. The zero-order valence-electron chi connectivity index (χ0n) is 11.1. The smallest absolute Gasteiger partial charge is 0.181 e. The number of carbonyl (C=O) groups excluding carboxylic acids is 1. The molecule has 3 unspecified atom stereocenters. The molecule has 3 atom stereocenters. The van der Waals surface area contributed by atoms with Crippen LogP contribution in [0.25, 0.3) is 0 Å². The summed E-state index contributed by atoms with van der Waals surface area (Å²) in [5.41, 5.74) is 1.54. The number of allylic oxidation sites excluding steroid dienone is 4. The highest BCUT2D eigenvalue weighted by atomic mass is 19.1. The first-order chi connectivity index (χ1) is 10.1. The molecule has 0 saturated carbocycles. The Morgan fingerprint density at radius 3 is 2.90 bits per heavy atom. The number of ether oxygens (including phenoxy) is 1. The molecule has 21 heavy (non-hydrogen) atoms. The van der Waals surface area contributed by atoms with E-state index in [-0.39, 0.29) is 23.5 Å². The highest BCUT2D eigenvalue weighted by Gasteiger charge is 2.42. The minimum Gasteiger partial charge on any atom is -0.484 e. The maximum atomic E-state index is 14.0. The first kappa shape index (κ1) is 12.5. The number of benzene rings is 1. The number of rotatable bonds is 0. The van der Waals surface area contributed by atoms with Crippen molar-refractivity contribution in [3.63, 3.8) is 0 Å². The average Bonchev–Trinajstić information content (AvgIpc) is 2.46. The van der Waals surface area contributed by atoms with Gasteiger partial charge in [0.05, 0.1) is 11.5 Å². The summed E-state index contributed by atoms with van der Waals surface area (Å²) >= 11 is 0. The molecule has 0 aromatic heterocycles. The van der Waals surface area contributed by atoms with E-state index >= 15 is 0 Å². The fourth-order valence-electron chi connectivity index (χ4n) is 3.22. The maximum Gasteiger partial charge on any atom is 0.181 e. The molecule has 0 N–H and O–H groups in total. The van der Waals surface area contributed by atoms with Crippen molar-refractivity contribution in [3.8, 4) is 5.75 Å². The summed E-state index contributed by atoms with van der Waals surface area (Å²) < 4.78 is 33.2. The lowest BCUT2D eigenvalue weighted by Crippen LogP contribution is -2.40. The standard InChI is InChI=1S/C17H12F2O2/c18-10-5-6-11-9(8-10)4-7-14-15(11)17(20)16-12(19)2-1-3-13(16)21-14/h1-7,10,14-15H,8H2. The Labute approximate surface area is 120 Å². The first-order valence-electron chi connectivity index (χ1n) is 6.88. The molecule has 1 heterocycles. The van der Waals surface area contributed by atoms with E-state index < -0.39 is 24.0 Å². The zero-order valence-corrected chi connectivity index (χ0v) is 11.1. The van der Waals surface area contributed by atoms with E-state index in [0.29, 0.717) is 0 Å². The molecule has 2 nitrogen and oxygen atoms in total. The second-order valence-electron chi connectivity index (χ2n) is 5.46. The van der Waals surface area contributed by atoms with E-state index in [1.807, 2.05) is 6.08 Å². The van der Waals surface area contributed by atoms with Gasteiger partial charge in [0.25, 0.3) is 0 Å². The van der Waals surface area contributed by atoms with Gasteiger partial charge < -0.3 is 4.74 Å². The normalized spacial score (nSPS) is 29.6. The van der Waals surface area contributed by atoms with Crippen molar-refractivity contribution in [2.45, 2.75) is 18.7 Å². The SMILES string of the molecule is O=C1c2c(F)cccc2OC2C=CC3=C(C=CC(F)C3)C12. The number of hydrogen-bond acceptors (Lipinski definition) is 2. The van der Waals surface area contributed by atoms with Crippen molar-refractivity contribution < 1.29 is 18.3 Å². The van der Waals surface area contributed by atoms with Crippen molar-refractivity contribution >= 4 is 5.78 Å². The van der Waals surface area contributed by atoms with Crippen molar-refractivity contribution in [1.82, 2.24) is 0 Å². The summed E-state index contributed by atoms with van der Waals surface area (Å²) in [6.07, 6.45) is 5.42. The van der Waals surface area contributed by atoms with Crippen LogP contribution in [0.4, 0.5) is 8.78 Å². The Morgan fingerprint density at radius 1 is 1.19 bits per heavy atom. The fraction of sp³-hybridized carbons (Fsp3) is 0.235. The molecule has 1 aromatic rings. The quantitative estimate of drug-likeness (QED) is 0.729. The van der Waals surface area contributed by atoms with E-state index in [0.717, 1.165) is 11.1 Å². The van der Waals surface area contributed by atoms with Crippen molar-refractivity contribution in [3.05, 3.63) is 65.0 Å². The predicted molar refractivity (Wildman–Crippen MR) is 73.5 cm³/mol. The molecule has 0 amide bonds. The third kappa shape index (κ3) is 1.78. The van der Waals surface area contributed by atoms with Crippen LogP contribution in [0.5, 0.6) is 5.75 Å². The monoisotopic (exact) mass is 286 g/mol. The van der Waals surface area contributed by atoms with Crippen molar-refractivity contribution in [1.29, 1.82) is 0 Å². The van der Waals surface area contributed by atoms with Gasteiger partial charge in [-0.05, 0) is 29.4 Å². The van der Waals surface area contributed by atoms with Gasteiger partial charge in [-0.1, -0.05) is 24.3 Å². The van der Waals surface area contributed by atoms with Crippen LogP contribution in [0.2, 0.25) is 0 Å². The van der Waals surface area contributed by atoms with Gasteiger partial charge in [0.1, 0.15) is 23.8 Å². The lowest BCUT2D eigenvalue weighted by atomic mass is 9.75. The summed E-state index contributed by atoms with van der Waals surface area (Å²) in [6.45, 7) is 0. The Morgan fingerprint density at radius 2 is 2.05 bits per heavy atom. The first-order valence-corrected chi connectivity index (χ1v) is 6.88. The van der Waals surface area contributed by atoms with E-state index in [4.69, 9.17) is 4.74 Å². The van der Waals surface area contributed by atoms with Gasteiger partial charge in [0, 0.05) is 6.42 Å². The van der Waals surface area contributed by atoms with Crippen molar-refractivity contribution in [2.75, 3.05) is 0 Å². The van der Waals surface area contributed by atoms with Gasteiger partial charge in [-0.15, -0.1) is 0 Å². The fourth-order valence-corrected chi connectivity index (χ4v) is 3.22. The minimum atomic E-state index is -1.03.